The minimum absolute atomic E-state index is 0.00677. The normalized spacial score (nSPS) is 18.7. The van der Waals surface area contributed by atoms with Crippen molar-refractivity contribution in [1.29, 1.82) is 0 Å². The van der Waals surface area contributed by atoms with Gasteiger partial charge in [-0.25, -0.2) is 0 Å². The summed E-state index contributed by atoms with van der Waals surface area (Å²) in [6, 6.07) is 7.49. The average molecular weight is 319 g/mol. The zero-order chi connectivity index (χ0) is 17.1. The molecule has 1 N–H and O–H groups in total. The van der Waals surface area contributed by atoms with E-state index in [-0.39, 0.29) is 23.7 Å². The molecule has 1 aromatic rings. The largest absolute Gasteiger partial charge is 0.494 e. The highest BCUT2D eigenvalue weighted by Gasteiger charge is 2.51. The second-order valence-corrected chi connectivity index (χ2v) is 6.80. The lowest BCUT2D eigenvalue weighted by Gasteiger charge is -2.32. The van der Waals surface area contributed by atoms with Gasteiger partial charge >= 0.3 is 7.12 Å². The van der Waals surface area contributed by atoms with E-state index in [1.165, 1.54) is 0 Å². The molecule has 0 atom stereocenters. The number of rotatable bonds is 6. The highest BCUT2D eigenvalue weighted by molar-refractivity contribution is 6.62. The Labute approximate surface area is 138 Å². The van der Waals surface area contributed by atoms with Crippen LogP contribution in [0.4, 0.5) is 0 Å². The first kappa shape index (κ1) is 17.8. The number of hydrogen-bond acceptors (Lipinski definition) is 4. The van der Waals surface area contributed by atoms with E-state index >= 15 is 0 Å². The molecule has 1 saturated heterocycles. The molecular formula is C17H26BNO4. The van der Waals surface area contributed by atoms with Crippen molar-refractivity contribution in [3.8, 4) is 5.75 Å². The summed E-state index contributed by atoms with van der Waals surface area (Å²) in [5.74, 6) is 0.511. The molecule has 5 nitrogen and oxygen atoms in total. The van der Waals surface area contributed by atoms with Crippen LogP contribution in [0.1, 0.15) is 41.0 Å². The van der Waals surface area contributed by atoms with Crippen molar-refractivity contribution < 1.29 is 18.8 Å². The van der Waals surface area contributed by atoms with Gasteiger partial charge in [0.1, 0.15) is 5.75 Å². The second-order valence-electron chi connectivity index (χ2n) is 6.80. The summed E-state index contributed by atoms with van der Waals surface area (Å²) in [6.45, 7) is 10.8. The van der Waals surface area contributed by atoms with Crippen LogP contribution in [0.3, 0.4) is 0 Å². The summed E-state index contributed by atoms with van der Waals surface area (Å²) in [5, 5.41) is 2.78. The van der Waals surface area contributed by atoms with Crippen LogP contribution in [-0.2, 0) is 14.1 Å². The Hall–Kier alpha value is -1.53. The number of hydrogen-bond donors (Lipinski definition) is 1. The van der Waals surface area contributed by atoms with E-state index in [2.05, 4.69) is 5.32 Å². The molecule has 0 unspecified atom stereocenters. The molecule has 126 valence electrons. The Bertz CT molecular complexity index is 543. The molecule has 0 saturated carbocycles. The van der Waals surface area contributed by atoms with Crippen LogP contribution >= 0.6 is 0 Å². The molecule has 23 heavy (non-hydrogen) atoms. The Kier molecular flexibility index (Phi) is 5.37. The van der Waals surface area contributed by atoms with Gasteiger partial charge in [0.25, 0.3) is 5.91 Å². The van der Waals surface area contributed by atoms with Crippen molar-refractivity contribution in [2.75, 3.05) is 13.2 Å². The van der Waals surface area contributed by atoms with Gasteiger partial charge in [0, 0.05) is 6.54 Å². The SMILES string of the molecule is CCCNC(=O)COc1cccc(B2OC(C)(C)C(C)(C)O2)c1. The summed E-state index contributed by atoms with van der Waals surface area (Å²) in [6.07, 6.45) is 0.906. The van der Waals surface area contributed by atoms with Crippen LogP contribution in [0.2, 0.25) is 0 Å². The van der Waals surface area contributed by atoms with E-state index in [1.54, 1.807) is 0 Å². The number of benzene rings is 1. The fourth-order valence-electron chi connectivity index (χ4n) is 2.19. The van der Waals surface area contributed by atoms with E-state index < -0.39 is 7.12 Å². The van der Waals surface area contributed by atoms with Gasteiger partial charge in [-0.2, -0.15) is 0 Å². The number of carbonyl (C=O) groups is 1. The molecule has 0 aromatic heterocycles. The predicted octanol–water partition coefficient (Wildman–Crippen LogP) is 1.89. The standard InChI is InChI=1S/C17H26BNO4/c1-6-10-19-15(20)12-21-14-9-7-8-13(11-14)18-22-16(2,3)17(4,5)23-18/h7-9,11H,6,10,12H2,1-5H3,(H,19,20). The van der Waals surface area contributed by atoms with Crippen LogP contribution in [0.15, 0.2) is 24.3 Å². The van der Waals surface area contributed by atoms with Crippen molar-refractivity contribution in [1.82, 2.24) is 5.32 Å². The van der Waals surface area contributed by atoms with Gasteiger partial charge in [0.15, 0.2) is 6.61 Å². The molecule has 2 rings (SSSR count). The van der Waals surface area contributed by atoms with E-state index in [9.17, 15) is 4.79 Å². The number of nitrogens with one attached hydrogen (secondary N) is 1. The van der Waals surface area contributed by atoms with Crippen LogP contribution in [0.5, 0.6) is 5.75 Å². The van der Waals surface area contributed by atoms with E-state index in [1.807, 2.05) is 58.9 Å². The number of ether oxygens (including phenoxy) is 1. The fraction of sp³-hybridized carbons (Fsp3) is 0.588. The molecular weight excluding hydrogens is 293 g/mol. The lowest BCUT2D eigenvalue weighted by Crippen LogP contribution is -2.41. The average Bonchev–Trinajstić information content (AvgIpc) is 2.71. The highest BCUT2D eigenvalue weighted by Crippen LogP contribution is 2.36. The maximum atomic E-state index is 11.6. The molecule has 1 amide bonds. The Morgan fingerprint density at radius 3 is 2.48 bits per heavy atom. The van der Waals surface area contributed by atoms with Crippen molar-refractivity contribution in [2.24, 2.45) is 0 Å². The van der Waals surface area contributed by atoms with Gasteiger partial charge in [0.05, 0.1) is 11.2 Å². The van der Waals surface area contributed by atoms with Crippen molar-refractivity contribution >= 4 is 18.5 Å². The van der Waals surface area contributed by atoms with Gasteiger partial charge in [0.2, 0.25) is 0 Å². The van der Waals surface area contributed by atoms with Gasteiger partial charge in [-0.15, -0.1) is 0 Å². The lowest BCUT2D eigenvalue weighted by molar-refractivity contribution is -0.123. The molecule has 1 aliphatic heterocycles. The fourth-order valence-corrected chi connectivity index (χ4v) is 2.19. The van der Waals surface area contributed by atoms with Crippen LogP contribution in [-0.4, -0.2) is 37.4 Å². The summed E-state index contributed by atoms with van der Waals surface area (Å²) >= 11 is 0. The summed E-state index contributed by atoms with van der Waals surface area (Å²) in [5.41, 5.74) is 0.124. The number of amides is 1. The first-order chi connectivity index (χ1) is 10.7. The minimum Gasteiger partial charge on any atom is -0.484 e. The molecule has 0 spiro atoms. The maximum Gasteiger partial charge on any atom is 0.494 e. The van der Waals surface area contributed by atoms with Crippen molar-refractivity contribution in [3.63, 3.8) is 0 Å². The summed E-state index contributed by atoms with van der Waals surface area (Å²) in [7, 11) is -0.433. The minimum atomic E-state index is -0.433. The van der Waals surface area contributed by atoms with Gasteiger partial charge in [-0.3, -0.25) is 4.79 Å². The third-order valence-corrected chi connectivity index (χ3v) is 4.33. The van der Waals surface area contributed by atoms with Gasteiger partial charge in [-0.1, -0.05) is 19.1 Å². The zero-order valence-corrected chi connectivity index (χ0v) is 14.6. The first-order valence-electron chi connectivity index (χ1n) is 8.10. The van der Waals surface area contributed by atoms with Gasteiger partial charge < -0.3 is 19.4 Å². The zero-order valence-electron chi connectivity index (χ0n) is 14.6. The van der Waals surface area contributed by atoms with E-state index in [0.29, 0.717) is 12.3 Å². The molecule has 0 radical (unpaired) electrons. The quantitative estimate of drug-likeness (QED) is 0.814. The Morgan fingerprint density at radius 2 is 1.87 bits per heavy atom. The first-order valence-corrected chi connectivity index (χ1v) is 8.10. The number of carbonyl (C=O) groups excluding carboxylic acids is 1. The molecule has 6 heteroatoms. The lowest BCUT2D eigenvalue weighted by atomic mass is 9.79. The van der Waals surface area contributed by atoms with Crippen molar-refractivity contribution in [2.45, 2.75) is 52.2 Å². The van der Waals surface area contributed by atoms with Crippen LogP contribution < -0.4 is 15.5 Å². The summed E-state index contributed by atoms with van der Waals surface area (Å²) < 4.78 is 17.6. The van der Waals surface area contributed by atoms with Gasteiger partial charge in [-0.05, 0) is 51.7 Å². The molecule has 0 aliphatic carbocycles. The molecule has 0 bridgehead atoms. The molecule has 1 aliphatic rings. The third kappa shape index (κ3) is 4.27. The monoisotopic (exact) mass is 319 g/mol. The van der Waals surface area contributed by atoms with Crippen LogP contribution in [0, 0.1) is 0 Å². The van der Waals surface area contributed by atoms with Crippen LogP contribution in [0.25, 0.3) is 0 Å². The smallest absolute Gasteiger partial charge is 0.484 e. The second kappa shape index (κ2) is 6.93. The van der Waals surface area contributed by atoms with E-state index in [4.69, 9.17) is 14.0 Å². The van der Waals surface area contributed by atoms with Crippen molar-refractivity contribution in [3.05, 3.63) is 24.3 Å². The van der Waals surface area contributed by atoms with E-state index in [0.717, 1.165) is 11.9 Å². The Balaban J connectivity index is 1.99. The molecule has 1 aromatic carbocycles. The highest BCUT2D eigenvalue weighted by atomic mass is 16.7. The Morgan fingerprint density at radius 1 is 1.22 bits per heavy atom. The molecule has 1 heterocycles. The maximum absolute atomic E-state index is 11.6. The summed E-state index contributed by atoms with van der Waals surface area (Å²) in [4.78, 5) is 11.6. The third-order valence-electron chi connectivity index (χ3n) is 4.33. The topological polar surface area (TPSA) is 56.8 Å². The molecule has 1 fully saturated rings. The predicted molar refractivity (Wildman–Crippen MR) is 91.0 cm³/mol.